The van der Waals surface area contributed by atoms with Crippen molar-refractivity contribution in [1.82, 2.24) is 0 Å². The molecule has 2 rings (SSSR count). The van der Waals surface area contributed by atoms with Crippen molar-refractivity contribution >= 4 is 17.6 Å². The maximum atomic E-state index is 13.9. The molecule has 0 saturated carbocycles. The Morgan fingerprint density at radius 3 is 2.59 bits per heavy atom. The van der Waals surface area contributed by atoms with Gasteiger partial charge >= 0.3 is 5.97 Å². The van der Waals surface area contributed by atoms with Crippen molar-refractivity contribution in [1.29, 1.82) is 0 Å². The van der Waals surface area contributed by atoms with Crippen LogP contribution in [0.5, 0.6) is 0 Å². The molecule has 1 saturated heterocycles. The van der Waals surface area contributed by atoms with Gasteiger partial charge in [-0.1, -0.05) is 17.7 Å². The third kappa shape index (κ3) is 2.03. The predicted molar refractivity (Wildman–Crippen MR) is 60.8 cm³/mol. The Hall–Kier alpha value is -1.13. The average molecular weight is 259 g/mol. The van der Waals surface area contributed by atoms with Crippen molar-refractivity contribution < 1.29 is 19.0 Å². The van der Waals surface area contributed by atoms with Crippen LogP contribution in [0.2, 0.25) is 5.02 Å². The summed E-state index contributed by atoms with van der Waals surface area (Å²) in [7, 11) is 0. The van der Waals surface area contributed by atoms with Crippen LogP contribution in [0.3, 0.4) is 0 Å². The smallest absolute Gasteiger partial charge is 0.314 e. The van der Waals surface area contributed by atoms with Gasteiger partial charge in [-0.05, 0) is 25.0 Å². The standard InChI is InChI=1S/C12H12ClFO3/c13-8-2-1-3-9(14)10(8)12(11(15)16)4-6-17-7-5-12/h1-3H,4-7H2,(H,15,16). The lowest BCUT2D eigenvalue weighted by Gasteiger charge is -2.34. The highest BCUT2D eigenvalue weighted by Gasteiger charge is 2.45. The van der Waals surface area contributed by atoms with E-state index >= 15 is 0 Å². The van der Waals surface area contributed by atoms with Crippen molar-refractivity contribution in [2.45, 2.75) is 18.3 Å². The van der Waals surface area contributed by atoms with Gasteiger partial charge in [-0.3, -0.25) is 4.79 Å². The number of rotatable bonds is 2. The zero-order valence-electron chi connectivity index (χ0n) is 9.08. The van der Waals surface area contributed by atoms with E-state index in [0.29, 0.717) is 13.2 Å². The van der Waals surface area contributed by atoms with Gasteiger partial charge in [0, 0.05) is 23.8 Å². The third-order valence-electron chi connectivity index (χ3n) is 3.20. The van der Waals surface area contributed by atoms with E-state index in [9.17, 15) is 14.3 Å². The molecular weight excluding hydrogens is 247 g/mol. The summed E-state index contributed by atoms with van der Waals surface area (Å²) in [5, 5.41) is 9.57. The minimum absolute atomic E-state index is 0.0810. The summed E-state index contributed by atoms with van der Waals surface area (Å²) in [6.07, 6.45) is 0.478. The first-order chi connectivity index (χ1) is 8.08. The maximum absolute atomic E-state index is 13.9. The molecule has 0 unspecified atom stereocenters. The van der Waals surface area contributed by atoms with Gasteiger partial charge in [0.05, 0.1) is 0 Å². The first kappa shape index (κ1) is 12.3. The minimum Gasteiger partial charge on any atom is -0.481 e. The van der Waals surface area contributed by atoms with Gasteiger partial charge < -0.3 is 9.84 Å². The highest BCUT2D eigenvalue weighted by Crippen LogP contribution is 2.40. The number of ether oxygens (including phenoxy) is 1. The third-order valence-corrected chi connectivity index (χ3v) is 3.51. The fourth-order valence-electron chi connectivity index (χ4n) is 2.25. The molecule has 0 bridgehead atoms. The number of carboxylic acids is 1. The summed E-state index contributed by atoms with van der Waals surface area (Å²) in [5.74, 6) is -1.62. The van der Waals surface area contributed by atoms with E-state index in [-0.39, 0.29) is 23.4 Å². The molecule has 0 radical (unpaired) electrons. The minimum atomic E-state index is -1.26. The van der Waals surface area contributed by atoms with Crippen LogP contribution in [0.25, 0.3) is 0 Å². The van der Waals surface area contributed by atoms with Crippen LogP contribution in [0.4, 0.5) is 4.39 Å². The summed E-state index contributed by atoms with van der Waals surface area (Å²) in [5.41, 5.74) is -1.18. The van der Waals surface area contributed by atoms with Crippen LogP contribution in [0.15, 0.2) is 18.2 Å². The molecule has 92 valence electrons. The Labute approximate surface area is 103 Å². The molecule has 1 aliphatic rings. The Morgan fingerprint density at radius 1 is 1.41 bits per heavy atom. The predicted octanol–water partition coefficient (Wildman–Crippen LogP) is 2.61. The van der Waals surface area contributed by atoms with Crippen molar-refractivity contribution in [2.24, 2.45) is 0 Å². The zero-order valence-corrected chi connectivity index (χ0v) is 9.84. The van der Waals surface area contributed by atoms with E-state index in [1.165, 1.54) is 18.2 Å². The maximum Gasteiger partial charge on any atom is 0.314 e. The Kier molecular flexibility index (Phi) is 3.35. The first-order valence-corrected chi connectivity index (χ1v) is 5.71. The molecule has 0 aromatic heterocycles. The molecule has 1 aromatic carbocycles. The van der Waals surface area contributed by atoms with Gasteiger partial charge in [-0.2, -0.15) is 0 Å². The molecule has 17 heavy (non-hydrogen) atoms. The molecule has 1 N–H and O–H groups in total. The summed E-state index contributed by atoms with van der Waals surface area (Å²) in [6.45, 7) is 0.605. The van der Waals surface area contributed by atoms with Crippen LogP contribution < -0.4 is 0 Å². The monoisotopic (exact) mass is 258 g/mol. The normalized spacial score (nSPS) is 18.9. The number of aliphatic carboxylic acids is 1. The first-order valence-electron chi connectivity index (χ1n) is 5.33. The number of carbonyl (C=O) groups is 1. The second kappa shape index (κ2) is 4.63. The lowest BCUT2D eigenvalue weighted by molar-refractivity contribution is -0.148. The van der Waals surface area contributed by atoms with Crippen LogP contribution in [0.1, 0.15) is 18.4 Å². The van der Waals surface area contributed by atoms with Crippen molar-refractivity contribution in [3.63, 3.8) is 0 Å². The fourth-order valence-corrected chi connectivity index (χ4v) is 2.59. The molecule has 1 aromatic rings. The van der Waals surface area contributed by atoms with Gasteiger partial charge in [0.2, 0.25) is 0 Å². The Morgan fingerprint density at radius 2 is 2.06 bits per heavy atom. The second-order valence-corrected chi connectivity index (χ2v) is 4.50. The van der Waals surface area contributed by atoms with Gasteiger partial charge in [0.15, 0.2) is 0 Å². The quantitative estimate of drug-likeness (QED) is 0.887. The topological polar surface area (TPSA) is 46.5 Å². The SMILES string of the molecule is O=C(O)C1(c2c(F)cccc2Cl)CCOCC1. The second-order valence-electron chi connectivity index (χ2n) is 4.10. The lowest BCUT2D eigenvalue weighted by atomic mass is 9.74. The summed E-state index contributed by atoms with van der Waals surface area (Å²) >= 11 is 5.95. The van der Waals surface area contributed by atoms with E-state index in [4.69, 9.17) is 16.3 Å². The molecule has 0 atom stereocenters. The van der Waals surface area contributed by atoms with E-state index in [1.54, 1.807) is 0 Å². The molecule has 1 heterocycles. The van der Waals surface area contributed by atoms with Gasteiger partial charge in [0.25, 0.3) is 0 Å². The molecule has 0 aliphatic carbocycles. The molecule has 1 aliphatic heterocycles. The largest absolute Gasteiger partial charge is 0.481 e. The number of hydrogen-bond acceptors (Lipinski definition) is 2. The number of hydrogen-bond donors (Lipinski definition) is 1. The van der Waals surface area contributed by atoms with Crippen LogP contribution in [0, 0.1) is 5.82 Å². The summed E-state index contributed by atoms with van der Waals surface area (Å²) < 4.78 is 19.0. The zero-order chi connectivity index (χ0) is 12.5. The highest BCUT2D eigenvalue weighted by molar-refractivity contribution is 6.31. The van der Waals surface area contributed by atoms with Crippen LogP contribution >= 0.6 is 11.6 Å². The molecule has 1 fully saturated rings. The highest BCUT2D eigenvalue weighted by atomic mass is 35.5. The van der Waals surface area contributed by atoms with E-state index in [0.717, 1.165) is 0 Å². The summed E-state index contributed by atoms with van der Waals surface area (Å²) in [4.78, 5) is 11.5. The van der Waals surface area contributed by atoms with Crippen molar-refractivity contribution in [3.8, 4) is 0 Å². The number of halogens is 2. The number of carboxylic acid groups (broad SMARTS) is 1. The van der Waals surface area contributed by atoms with E-state index < -0.39 is 17.2 Å². The Bertz CT molecular complexity index is 421. The molecule has 0 spiro atoms. The van der Waals surface area contributed by atoms with Gasteiger partial charge in [0.1, 0.15) is 11.2 Å². The average Bonchev–Trinajstić information content (AvgIpc) is 2.29. The molecule has 0 amide bonds. The molecular formula is C12H12ClFO3. The van der Waals surface area contributed by atoms with Crippen molar-refractivity contribution in [3.05, 3.63) is 34.6 Å². The van der Waals surface area contributed by atoms with Gasteiger partial charge in [-0.15, -0.1) is 0 Å². The summed E-state index contributed by atoms with van der Waals surface area (Å²) in [6, 6.07) is 4.22. The molecule has 3 nitrogen and oxygen atoms in total. The number of benzene rings is 1. The lowest BCUT2D eigenvalue weighted by Crippen LogP contribution is -2.42. The Balaban J connectivity index is 2.56. The van der Waals surface area contributed by atoms with Gasteiger partial charge in [-0.25, -0.2) is 4.39 Å². The van der Waals surface area contributed by atoms with Crippen LogP contribution in [-0.4, -0.2) is 24.3 Å². The fraction of sp³-hybridized carbons (Fsp3) is 0.417. The van der Waals surface area contributed by atoms with E-state index in [2.05, 4.69) is 0 Å². The molecule has 5 heteroatoms. The van der Waals surface area contributed by atoms with Crippen LogP contribution in [-0.2, 0) is 14.9 Å². The van der Waals surface area contributed by atoms with E-state index in [1.807, 2.05) is 0 Å². The van der Waals surface area contributed by atoms with Crippen molar-refractivity contribution in [2.75, 3.05) is 13.2 Å².